The van der Waals surface area contributed by atoms with E-state index < -0.39 is 0 Å². The van der Waals surface area contributed by atoms with Crippen LogP contribution < -0.4 is 9.47 Å². The molecule has 2 aromatic rings. The van der Waals surface area contributed by atoms with Gasteiger partial charge in [0.1, 0.15) is 5.56 Å². The zero-order chi connectivity index (χ0) is 14.9. The van der Waals surface area contributed by atoms with E-state index in [1.165, 1.54) is 11.1 Å². The summed E-state index contributed by atoms with van der Waals surface area (Å²) in [5, 5.41) is 4.53. The molecule has 1 aromatic carbocycles. The Balaban J connectivity index is 2.79. The van der Waals surface area contributed by atoms with Crippen LogP contribution in [0.3, 0.4) is 0 Å². The van der Waals surface area contributed by atoms with E-state index in [0.717, 1.165) is 17.0 Å². The van der Waals surface area contributed by atoms with E-state index in [1.807, 2.05) is 4.68 Å². The molecular formula is C16H22N2O2. The average Bonchev–Trinajstić information content (AvgIpc) is 2.77. The molecule has 0 amide bonds. The first-order valence-corrected chi connectivity index (χ1v) is 6.78. The second kappa shape index (κ2) is 5.57. The van der Waals surface area contributed by atoms with Gasteiger partial charge in [-0.05, 0) is 44.4 Å². The lowest BCUT2D eigenvalue weighted by Crippen LogP contribution is -2.05. The Morgan fingerprint density at radius 3 is 2.05 bits per heavy atom. The summed E-state index contributed by atoms with van der Waals surface area (Å²) in [5.74, 6) is 1.35. The van der Waals surface area contributed by atoms with Crippen molar-refractivity contribution in [2.24, 2.45) is 0 Å². The van der Waals surface area contributed by atoms with Crippen molar-refractivity contribution in [3.8, 4) is 22.9 Å². The SMILES string of the molecule is COc1nn(C(C)C)c(OC)c1-c1c(C)cccc1C. The average molecular weight is 274 g/mol. The molecule has 0 aliphatic carbocycles. The zero-order valence-corrected chi connectivity index (χ0v) is 13.0. The minimum absolute atomic E-state index is 0.205. The minimum atomic E-state index is 0.205. The highest BCUT2D eigenvalue weighted by Gasteiger charge is 2.24. The van der Waals surface area contributed by atoms with Crippen LogP contribution in [0.25, 0.3) is 11.1 Å². The zero-order valence-electron chi connectivity index (χ0n) is 13.0. The van der Waals surface area contributed by atoms with Crippen LogP contribution in [0.2, 0.25) is 0 Å². The second-order valence-corrected chi connectivity index (χ2v) is 5.20. The molecular weight excluding hydrogens is 252 g/mol. The lowest BCUT2D eigenvalue weighted by atomic mass is 9.97. The van der Waals surface area contributed by atoms with Crippen molar-refractivity contribution in [2.45, 2.75) is 33.7 Å². The topological polar surface area (TPSA) is 36.3 Å². The number of rotatable bonds is 4. The van der Waals surface area contributed by atoms with Gasteiger partial charge in [-0.15, -0.1) is 5.10 Å². The lowest BCUT2D eigenvalue weighted by Gasteiger charge is -2.13. The van der Waals surface area contributed by atoms with Crippen molar-refractivity contribution in [1.82, 2.24) is 9.78 Å². The fourth-order valence-corrected chi connectivity index (χ4v) is 2.51. The fourth-order valence-electron chi connectivity index (χ4n) is 2.51. The van der Waals surface area contributed by atoms with Gasteiger partial charge in [0.15, 0.2) is 0 Å². The maximum atomic E-state index is 5.61. The molecule has 0 N–H and O–H groups in total. The molecule has 108 valence electrons. The molecule has 0 saturated heterocycles. The molecule has 1 heterocycles. The summed E-state index contributed by atoms with van der Waals surface area (Å²) in [6, 6.07) is 6.44. The highest BCUT2D eigenvalue weighted by atomic mass is 16.5. The minimum Gasteiger partial charge on any atom is -0.481 e. The molecule has 4 heteroatoms. The van der Waals surface area contributed by atoms with Crippen LogP contribution in [0, 0.1) is 13.8 Å². The quantitative estimate of drug-likeness (QED) is 0.851. The van der Waals surface area contributed by atoms with Crippen LogP contribution >= 0.6 is 0 Å². The van der Waals surface area contributed by atoms with Crippen molar-refractivity contribution >= 4 is 0 Å². The maximum Gasteiger partial charge on any atom is 0.244 e. The van der Waals surface area contributed by atoms with Gasteiger partial charge in [-0.25, -0.2) is 4.68 Å². The molecule has 0 atom stereocenters. The summed E-state index contributed by atoms with van der Waals surface area (Å²) in [5.41, 5.74) is 4.43. The molecule has 0 fully saturated rings. The number of nitrogens with zero attached hydrogens (tertiary/aromatic N) is 2. The molecule has 0 spiro atoms. The van der Waals surface area contributed by atoms with E-state index in [0.29, 0.717) is 5.88 Å². The predicted octanol–water partition coefficient (Wildman–Crippen LogP) is 3.77. The molecule has 0 saturated carbocycles. The van der Waals surface area contributed by atoms with Crippen molar-refractivity contribution in [3.63, 3.8) is 0 Å². The summed E-state index contributed by atoms with van der Waals surface area (Å²) in [7, 11) is 3.32. The first-order valence-electron chi connectivity index (χ1n) is 6.78. The summed E-state index contributed by atoms with van der Waals surface area (Å²) in [4.78, 5) is 0. The Hall–Kier alpha value is -1.97. The number of ether oxygens (including phenoxy) is 2. The van der Waals surface area contributed by atoms with Gasteiger partial charge in [0, 0.05) is 0 Å². The van der Waals surface area contributed by atoms with E-state index in [-0.39, 0.29) is 6.04 Å². The highest BCUT2D eigenvalue weighted by molar-refractivity contribution is 5.79. The third-order valence-electron chi connectivity index (χ3n) is 3.44. The van der Waals surface area contributed by atoms with Gasteiger partial charge in [-0.3, -0.25) is 0 Å². The van der Waals surface area contributed by atoms with Crippen molar-refractivity contribution in [2.75, 3.05) is 14.2 Å². The van der Waals surface area contributed by atoms with Gasteiger partial charge in [0.05, 0.1) is 20.3 Å². The normalized spacial score (nSPS) is 10.9. The summed E-state index contributed by atoms with van der Waals surface area (Å²) < 4.78 is 12.9. The third-order valence-corrected chi connectivity index (χ3v) is 3.44. The van der Waals surface area contributed by atoms with Crippen LogP contribution in [-0.2, 0) is 0 Å². The highest BCUT2D eigenvalue weighted by Crippen LogP contribution is 2.42. The Kier molecular flexibility index (Phi) is 4.02. The summed E-state index contributed by atoms with van der Waals surface area (Å²) in [6.07, 6.45) is 0. The van der Waals surface area contributed by atoms with Crippen LogP contribution in [0.1, 0.15) is 31.0 Å². The largest absolute Gasteiger partial charge is 0.481 e. The molecule has 4 nitrogen and oxygen atoms in total. The van der Waals surface area contributed by atoms with E-state index >= 15 is 0 Å². The Bertz CT molecular complexity index is 595. The molecule has 0 unspecified atom stereocenters. The number of aromatic nitrogens is 2. The Labute approximate surface area is 120 Å². The smallest absolute Gasteiger partial charge is 0.244 e. The van der Waals surface area contributed by atoms with E-state index in [1.54, 1.807) is 14.2 Å². The van der Waals surface area contributed by atoms with Crippen molar-refractivity contribution in [3.05, 3.63) is 29.3 Å². The molecule has 20 heavy (non-hydrogen) atoms. The van der Waals surface area contributed by atoms with Crippen LogP contribution in [-0.4, -0.2) is 24.0 Å². The van der Waals surface area contributed by atoms with Crippen molar-refractivity contribution in [1.29, 1.82) is 0 Å². The first-order chi connectivity index (χ1) is 9.51. The first kappa shape index (κ1) is 14.4. The van der Waals surface area contributed by atoms with Crippen LogP contribution in [0.4, 0.5) is 0 Å². The molecule has 0 radical (unpaired) electrons. The molecule has 2 rings (SSSR count). The molecule has 0 aliphatic rings. The van der Waals surface area contributed by atoms with E-state index in [4.69, 9.17) is 9.47 Å². The Morgan fingerprint density at radius 2 is 1.60 bits per heavy atom. The van der Waals surface area contributed by atoms with Crippen LogP contribution in [0.15, 0.2) is 18.2 Å². The third kappa shape index (κ3) is 2.26. The number of aryl methyl sites for hydroxylation is 2. The van der Waals surface area contributed by atoms with Gasteiger partial charge in [-0.1, -0.05) is 18.2 Å². The maximum absolute atomic E-state index is 5.61. The van der Waals surface area contributed by atoms with E-state index in [2.05, 4.69) is 51.0 Å². The van der Waals surface area contributed by atoms with Crippen molar-refractivity contribution < 1.29 is 9.47 Å². The van der Waals surface area contributed by atoms with Gasteiger partial charge in [-0.2, -0.15) is 0 Å². The lowest BCUT2D eigenvalue weighted by molar-refractivity contribution is 0.340. The Morgan fingerprint density at radius 1 is 1.00 bits per heavy atom. The number of hydrogen-bond donors (Lipinski definition) is 0. The summed E-state index contributed by atoms with van der Waals surface area (Å²) >= 11 is 0. The van der Waals surface area contributed by atoms with Gasteiger partial charge in [0.25, 0.3) is 0 Å². The van der Waals surface area contributed by atoms with Gasteiger partial charge in [0.2, 0.25) is 11.8 Å². The molecule has 0 aliphatic heterocycles. The number of benzene rings is 1. The number of methoxy groups -OCH3 is 2. The molecule has 0 bridgehead atoms. The molecule has 1 aromatic heterocycles. The van der Waals surface area contributed by atoms with E-state index in [9.17, 15) is 0 Å². The summed E-state index contributed by atoms with van der Waals surface area (Å²) in [6.45, 7) is 8.33. The predicted molar refractivity (Wildman–Crippen MR) is 80.6 cm³/mol. The van der Waals surface area contributed by atoms with Gasteiger partial charge >= 0.3 is 0 Å². The monoisotopic (exact) mass is 274 g/mol. The fraction of sp³-hybridized carbons (Fsp3) is 0.438. The number of hydrogen-bond acceptors (Lipinski definition) is 3. The second-order valence-electron chi connectivity index (χ2n) is 5.20. The van der Waals surface area contributed by atoms with Gasteiger partial charge < -0.3 is 9.47 Å². The van der Waals surface area contributed by atoms with Crippen LogP contribution in [0.5, 0.6) is 11.8 Å². The standard InChI is InChI=1S/C16H22N2O2/c1-10(2)18-16(20-6)14(15(17-18)19-5)13-11(3)8-7-9-12(13)4/h7-10H,1-6H3.